The molecular formula is C15H26BrNO. The van der Waals surface area contributed by atoms with Gasteiger partial charge in [-0.2, -0.15) is 0 Å². The molecule has 18 heavy (non-hydrogen) atoms. The maximum absolute atomic E-state index is 12.4. The van der Waals surface area contributed by atoms with Crippen LogP contribution in [0.3, 0.4) is 0 Å². The van der Waals surface area contributed by atoms with Crippen molar-refractivity contribution < 1.29 is 4.79 Å². The molecule has 104 valence electrons. The fourth-order valence-corrected chi connectivity index (χ4v) is 4.37. The van der Waals surface area contributed by atoms with Gasteiger partial charge in [0.15, 0.2) is 0 Å². The summed E-state index contributed by atoms with van der Waals surface area (Å²) in [6.45, 7) is 3.04. The Morgan fingerprint density at radius 1 is 1.22 bits per heavy atom. The summed E-state index contributed by atoms with van der Waals surface area (Å²) < 4.78 is 0. The molecule has 0 saturated heterocycles. The van der Waals surface area contributed by atoms with Crippen molar-refractivity contribution in [3.8, 4) is 0 Å². The monoisotopic (exact) mass is 315 g/mol. The molecule has 0 radical (unpaired) electrons. The minimum absolute atomic E-state index is 0.0313. The van der Waals surface area contributed by atoms with Gasteiger partial charge in [0.1, 0.15) is 0 Å². The first-order chi connectivity index (χ1) is 8.68. The van der Waals surface area contributed by atoms with Crippen molar-refractivity contribution in [1.82, 2.24) is 5.32 Å². The van der Waals surface area contributed by atoms with Crippen molar-refractivity contribution in [2.24, 2.45) is 11.3 Å². The summed E-state index contributed by atoms with van der Waals surface area (Å²) >= 11 is 3.77. The van der Waals surface area contributed by atoms with E-state index in [-0.39, 0.29) is 5.41 Å². The fraction of sp³-hybridized carbons (Fsp3) is 0.933. The Morgan fingerprint density at radius 2 is 1.89 bits per heavy atom. The van der Waals surface area contributed by atoms with Gasteiger partial charge >= 0.3 is 0 Å². The number of halogens is 1. The van der Waals surface area contributed by atoms with E-state index in [0.29, 0.717) is 16.7 Å². The number of carbonyl (C=O) groups is 1. The molecule has 2 nitrogen and oxygen atoms in total. The molecule has 2 fully saturated rings. The third-order valence-electron chi connectivity index (χ3n) is 5.06. The lowest BCUT2D eigenvalue weighted by Crippen LogP contribution is -2.42. The third kappa shape index (κ3) is 3.09. The predicted molar refractivity (Wildman–Crippen MR) is 78.9 cm³/mol. The fourth-order valence-electron chi connectivity index (χ4n) is 3.60. The molecule has 0 bridgehead atoms. The van der Waals surface area contributed by atoms with Gasteiger partial charge in [-0.3, -0.25) is 4.79 Å². The Kier molecular flexibility index (Phi) is 5.11. The summed E-state index contributed by atoms with van der Waals surface area (Å²) in [7, 11) is 0. The Morgan fingerprint density at radius 3 is 2.50 bits per heavy atom. The second-order valence-electron chi connectivity index (χ2n) is 6.11. The van der Waals surface area contributed by atoms with Crippen LogP contribution >= 0.6 is 15.9 Å². The smallest absolute Gasteiger partial charge is 0.226 e. The first-order valence-corrected chi connectivity index (χ1v) is 8.52. The number of nitrogens with one attached hydrogen (secondary N) is 1. The lowest BCUT2D eigenvalue weighted by atomic mass is 9.82. The zero-order chi connectivity index (χ0) is 13.0. The third-order valence-corrected chi connectivity index (χ3v) is 6.27. The van der Waals surface area contributed by atoms with Gasteiger partial charge in [0, 0.05) is 16.8 Å². The molecule has 0 heterocycles. The second-order valence-corrected chi connectivity index (χ2v) is 7.29. The maximum atomic E-state index is 12.4. The van der Waals surface area contributed by atoms with Crippen LogP contribution in [0.5, 0.6) is 0 Å². The van der Waals surface area contributed by atoms with E-state index in [9.17, 15) is 4.79 Å². The average Bonchev–Trinajstić information content (AvgIpc) is 2.87. The van der Waals surface area contributed by atoms with Crippen LogP contribution in [0, 0.1) is 11.3 Å². The van der Waals surface area contributed by atoms with E-state index in [0.717, 1.165) is 25.8 Å². The van der Waals surface area contributed by atoms with Gasteiger partial charge in [-0.25, -0.2) is 0 Å². The second kappa shape index (κ2) is 6.40. The molecule has 1 N–H and O–H groups in total. The van der Waals surface area contributed by atoms with Crippen LogP contribution in [0.25, 0.3) is 0 Å². The van der Waals surface area contributed by atoms with E-state index in [2.05, 4.69) is 28.2 Å². The summed E-state index contributed by atoms with van der Waals surface area (Å²) in [5.41, 5.74) is -0.0313. The Labute approximate surface area is 119 Å². The normalized spacial score (nSPS) is 31.2. The van der Waals surface area contributed by atoms with Gasteiger partial charge in [0.25, 0.3) is 0 Å². The average molecular weight is 316 g/mol. The number of alkyl halides is 1. The van der Waals surface area contributed by atoms with E-state index in [4.69, 9.17) is 0 Å². The highest BCUT2D eigenvalue weighted by molar-refractivity contribution is 9.09. The minimum atomic E-state index is -0.0313. The number of carbonyl (C=O) groups excluding carboxylic acids is 1. The molecule has 0 aliphatic heterocycles. The van der Waals surface area contributed by atoms with Gasteiger partial charge in [-0.05, 0) is 38.0 Å². The van der Waals surface area contributed by atoms with Crippen LogP contribution in [-0.2, 0) is 4.79 Å². The van der Waals surface area contributed by atoms with Crippen LogP contribution in [-0.4, -0.2) is 17.3 Å². The summed E-state index contributed by atoms with van der Waals surface area (Å²) in [5.74, 6) is 0.964. The van der Waals surface area contributed by atoms with E-state index >= 15 is 0 Å². The van der Waals surface area contributed by atoms with Gasteiger partial charge in [0.2, 0.25) is 5.91 Å². The largest absolute Gasteiger partial charge is 0.355 e. The molecule has 1 amide bonds. The zero-order valence-electron chi connectivity index (χ0n) is 11.5. The molecule has 2 atom stereocenters. The van der Waals surface area contributed by atoms with Crippen molar-refractivity contribution in [1.29, 1.82) is 0 Å². The van der Waals surface area contributed by atoms with Crippen LogP contribution < -0.4 is 5.32 Å². The van der Waals surface area contributed by atoms with Crippen molar-refractivity contribution in [2.45, 2.75) is 69.5 Å². The molecule has 0 spiro atoms. The molecule has 2 rings (SSSR count). The Hall–Kier alpha value is -0.0500. The van der Waals surface area contributed by atoms with Crippen molar-refractivity contribution in [3.63, 3.8) is 0 Å². The summed E-state index contributed by atoms with van der Waals surface area (Å²) in [6.07, 6.45) is 10.8. The van der Waals surface area contributed by atoms with E-state index in [1.165, 1.54) is 38.5 Å². The number of hydrogen-bond acceptors (Lipinski definition) is 1. The van der Waals surface area contributed by atoms with Gasteiger partial charge in [-0.1, -0.05) is 48.5 Å². The molecule has 2 aliphatic carbocycles. The lowest BCUT2D eigenvalue weighted by Gasteiger charge is -2.31. The first kappa shape index (κ1) is 14.4. The maximum Gasteiger partial charge on any atom is 0.226 e. The van der Waals surface area contributed by atoms with Crippen LogP contribution in [0.15, 0.2) is 0 Å². The lowest BCUT2D eigenvalue weighted by molar-refractivity contribution is -0.131. The van der Waals surface area contributed by atoms with Crippen molar-refractivity contribution in [3.05, 3.63) is 0 Å². The van der Waals surface area contributed by atoms with Gasteiger partial charge < -0.3 is 5.32 Å². The van der Waals surface area contributed by atoms with E-state index in [1.807, 2.05) is 0 Å². The van der Waals surface area contributed by atoms with Crippen molar-refractivity contribution >= 4 is 21.8 Å². The van der Waals surface area contributed by atoms with Gasteiger partial charge in [0.05, 0.1) is 0 Å². The first-order valence-electron chi connectivity index (χ1n) is 7.60. The minimum Gasteiger partial charge on any atom is -0.355 e. The Bertz CT molecular complexity index is 286. The highest BCUT2D eigenvalue weighted by Gasteiger charge is 2.39. The molecule has 3 heteroatoms. The highest BCUT2D eigenvalue weighted by Crippen LogP contribution is 2.41. The summed E-state index contributed by atoms with van der Waals surface area (Å²) in [6, 6.07) is 0. The van der Waals surface area contributed by atoms with Gasteiger partial charge in [-0.15, -0.1) is 0 Å². The summed E-state index contributed by atoms with van der Waals surface area (Å²) in [5, 5.41) is 3.25. The van der Waals surface area contributed by atoms with Crippen LogP contribution in [0.1, 0.15) is 64.7 Å². The zero-order valence-corrected chi connectivity index (χ0v) is 13.1. The summed E-state index contributed by atoms with van der Waals surface area (Å²) in [4.78, 5) is 13.0. The topological polar surface area (TPSA) is 29.1 Å². The van der Waals surface area contributed by atoms with E-state index in [1.54, 1.807) is 0 Å². The highest BCUT2D eigenvalue weighted by atomic mass is 79.9. The van der Waals surface area contributed by atoms with E-state index < -0.39 is 0 Å². The van der Waals surface area contributed by atoms with Crippen LogP contribution in [0.2, 0.25) is 0 Å². The molecule has 0 aromatic rings. The number of amides is 1. The number of hydrogen-bond donors (Lipinski definition) is 1. The number of rotatable bonds is 4. The molecule has 2 unspecified atom stereocenters. The van der Waals surface area contributed by atoms with Crippen molar-refractivity contribution in [2.75, 3.05) is 6.54 Å². The molecule has 0 aromatic heterocycles. The molecule has 2 saturated carbocycles. The quantitative estimate of drug-likeness (QED) is 0.780. The van der Waals surface area contributed by atoms with Crippen LogP contribution in [0.4, 0.5) is 0 Å². The Balaban J connectivity index is 1.83. The predicted octanol–water partition coefficient (Wildman–Crippen LogP) is 4.03. The standard InChI is InChI=1S/C15H26BrNO/c1-2-15(9-5-6-10-15)14(18)17-11-12-7-3-4-8-13(12)16/h12-13H,2-11H2,1H3,(H,17,18). The molecule has 0 aromatic carbocycles. The molecular weight excluding hydrogens is 290 g/mol. The SMILES string of the molecule is CCC1(C(=O)NCC2CCCCC2Br)CCCC1. The molecule has 2 aliphatic rings.